The predicted molar refractivity (Wildman–Crippen MR) is 86.0 cm³/mol. The summed E-state index contributed by atoms with van der Waals surface area (Å²) in [5.74, 6) is -1.21. The average molecular weight is 308 g/mol. The number of anilines is 1. The van der Waals surface area contributed by atoms with Crippen molar-refractivity contribution in [2.45, 2.75) is 6.42 Å². The molecule has 1 aliphatic rings. The summed E-state index contributed by atoms with van der Waals surface area (Å²) in [5.41, 5.74) is 6.99. The third kappa shape index (κ3) is 2.99. The summed E-state index contributed by atoms with van der Waals surface area (Å²) in [5, 5.41) is 0. The first-order chi connectivity index (χ1) is 11.1. The molecule has 0 aromatic heterocycles. The molecule has 3 rings (SSSR count). The van der Waals surface area contributed by atoms with Crippen molar-refractivity contribution >= 4 is 23.3 Å². The first-order valence-corrected chi connectivity index (χ1v) is 7.36. The van der Waals surface area contributed by atoms with Crippen LogP contribution in [0.2, 0.25) is 0 Å². The van der Waals surface area contributed by atoms with Gasteiger partial charge >= 0.3 is 0 Å². The van der Waals surface area contributed by atoms with Gasteiger partial charge in [0.2, 0.25) is 11.8 Å². The van der Waals surface area contributed by atoms with Crippen LogP contribution in [0.15, 0.2) is 54.6 Å². The van der Waals surface area contributed by atoms with E-state index in [1.165, 1.54) is 4.90 Å². The molecule has 1 atom stereocenters. The summed E-state index contributed by atoms with van der Waals surface area (Å²) < 4.78 is 0. The second kappa shape index (κ2) is 6.04. The van der Waals surface area contributed by atoms with Crippen molar-refractivity contribution in [2.24, 2.45) is 11.7 Å². The molecule has 0 radical (unpaired) electrons. The molecule has 2 N–H and O–H groups in total. The largest absolute Gasteiger partial charge is 0.369 e. The van der Waals surface area contributed by atoms with Crippen molar-refractivity contribution in [1.29, 1.82) is 0 Å². The number of carbonyl (C=O) groups is 3. The van der Waals surface area contributed by atoms with Gasteiger partial charge < -0.3 is 10.6 Å². The van der Waals surface area contributed by atoms with Crippen LogP contribution in [0.3, 0.4) is 0 Å². The van der Waals surface area contributed by atoms with Crippen LogP contribution in [0.5, 0.6) is 0 Å². The second-order valence-electron chi connectivity index (χ2n) is 5.55. The van der Waals surface area contributed by atoms with Crippen LogP contribution >= 0.6 is 0 Å². The van der Waals surface area contributed by atoms with Gasteiger partial charge in [0.1, 0.15) is 0 Å². The van der Waals surface area contributed by atoms with Crippen LogP contribution in [0.4, 0.5) is 5.69 Å². The Morgan fingerprint density at radius 3 is 2.35 bits per heavy atom. The second-order valence-corrected chi connectivity index (χ2v) is 5.55. The lowest BCUT2D eigenvalue weighted by Gasteiger charge is -2.17. The highest BCUT2D eigenvalue weighted by Gasteiger charge is 2.34. The Morgan fingerprint density at radius 1 is 1.00 bits per heavy atom. The Hall–Kier alpha value is -2.95. The number of benzene rings is 2. The van der Waals surface area contributed by atoms with E-state index in [4.69, 9.17) is 5.73 Å². The molecule has 2 aromatic rings. The highest BCUT2D eigenvalue weighted by molar-refractivity contribution is 6.10. The smallest absolute Gasteiger partial charge is 0.227 e. The Balaban J connectivity index is 1.87. The van der Waals surface area contributed by atoms with Gasteiger partial charge in [-0.1, -0.05) is 42.5 Å². The number of nitrogens with two attached hydrogens (primary N) is 1. The van der Waals surface area contributed by atoms with Gasteiger partial charge in [0, 0.05) is 29.8 Å². The Morgan fingerprint density at radius 2 is 1.70 bits per heavy atom. The van der Waals surface area contributed by atoms with Crippen molar-refractivity contribution in [2.75, 3.05) is 11.4 Å². The monoisotopic (exact) mass is 308 g/mol. The average Bonchev–Trinajstić information content (AvgIpc) is 2.97. The Labute approximate surface area is 133 Å². The van der Waals surface area contributed by atoms with Crippen LogP contribution in [-0.2, 0) is 9.59 Å². The Bertz CT molecular complexity index is 771. The molecule has 2 amide bonds. The van der Waals surface area contributed by atoms with Gasteiger partial charge in [0.25, 0.3) is 0 Å². The maximum absolute atomic E-state index is 12.5. The molecular weight excluding hydrogens is 292 g/mol. The summed E-state index contributed by atoms with van der Waals surface area (Å²) in [6, 6.07) is 15.8. The highest BCUT2D eigenvalue weighted by Crippen LogP contribution is 2.26. The van der Waals surface area contributed by atoms with E-state index in [1.54, 1.807) is 48.5 Å². The molecule has 5 heteroatoms. The number of carbonyl (C=O) groups excluding carboxylic acids is 3. The summed E-state index contributed by atoms with van der Waals surface area (Å²) in [4.78, 5) is 37.3. The lowest BCUT2D eigenvalue weighted by atomic mass is 10.0. The van der Waals surface area contributed by atoms with E-state index in [1.807, 2.05) is 6.07 Å². The fraction of sp³-hybridized carbons (Fsp3) is 0.167. The van der Waals surface area contributed by atoms with Gasteiger partial charge in [-0.2, -0.15) is 0 Å². The third-order valence-electron chi connectivity index (χ3n) is 3.98. The molecule has 0 bridgehead atoms. The maximum atomic E-state index is 12.5. The number of rotatable bonds is 4. The summed E-state index contributed by atoms with van der Waals surface area (Å²) in [7, 11) is 0. The van der Waals surface area contributed by atoms with Crippen molar-refractivity contribution in [3.8, 4) is 0 Å². The summed E-state index contributed by atoms with van der Waals surface area (Å²) in [6.45, 7) is 0.261. The molecule has 23 heavy (non-hydrogen) atoms. The molecule has 1 fully saturated rings. The van der Waals surface area contributed by atoms with Crippen LogP contribution in [0.25, 0.3) is 0 Å². The number of hydrogen-bond donors (Lipinski definition) is 1. The van der Waals surface area contributed by atoms with Crippen LogP contribution < -0.4 is 10.6 Å². The molecule has 2 aromatic carbocycles. The zero-order valence-electron chi connectivity index (χ0n) is 12.4. The molecule has 1 saturated heterocycles. The minimum absolute atomic E-state index is 0.106. The fourth-order valence-corrected chi connectivity index (χ4v) is 2.72. The summed E-state index contributed by atoms with van der Waals surface area (Å²) >= 11 is 0. The van der Waals surface area contributed by atoms with Crippen molar-refractivity contribution in [1.82, 2.24) is 0 Å². The van der Waals surface area contributed by atoms with Crippen LogP contribution in [0, 0.1) is 5.92 Å². The molecule has 0 spiro atoms. The maximum Gasteiger partial charge on any atom is 0.227 e. The third-order valence-corrected chi connectivity index (χ3v) is 3.98. The van der Waals surface area contributed by atoms with Crippen LogP contribution in [-0.4, -0.2) is 24.1 Å². The number of primary amides is 1. The molecule has 1 aliphatic heterocycles. The van der Waals surface area contributed by atoms with Gasteiger partial charge in [-0.25, -0.2) is 0 Å². The molecule has 1 unspecified atom stereocenters. The topological polar surface area (TPSA) is 80.5 Å². The molecule has 0 saturated carbocycles. The Kier molecular flexibility index (Phi) is 3.93. The van der Waals surface area contributed by atoms with E-state index in [0.717, 1.165) is 0 Å². The fourth-order valence-electron chi connectivity index (χ4n) is 2.72. The van der Waals surface area contributed by atoms with Gasteiger partial charge in [-0.3, -0.25) is 14.4 Å². The molecule has 0 aliphatic carbocycles. The quantitative estimate of drug-likeness (QED) is 0.874. The molecular formula is C18H16N2O3. The summed E-state index contributed by atoms with van der Waals surface area (Å²) in [6.07, 6.45) is 0.117. The number of nitrogens with zero attached hydrogens (tertiary/aromatic N) is 1. The first kappa shape index (κ1) is 15.0. The zero-order valence-corrected chi connectivity index (χ0v) is 12.4. The van der Waals surface area contributed by atoms with Crippen molar-refractivity contribution < 1.29 is 14.4 Å². The number of amides is 2. The van der Waals surface area contributed by atoms with Gasteiger partial charge in [0.05, 0.1) is 5.92 Å². The minimum atomic E-state index is -0.476. The predicted octanol–water partition coefficient (Wildman–Crippen LogP) is 1.76. The van der Waals surface area contributed by atoms with E-state index in [2.05, 4.69) is 0 Å². The first-order valence-electron chi connectivity index (χ1n) is 7.36. The molecule has 5 nitrogen and oxygen atoms in total. The standard InChI is InChI=1S/C18H16N2O3/c19-18(23)14-10-16(21)20(11-14)15-8-4-7-13(9-15)17(22)12-5-2-1-3-6-12/h1-9,14H,10-11H2,(H2,19,23). The van der Waals surface area contributed by atoms with Gasteiger partial charge in [-0.15, -0.1) is 0 Å². The van der Waals surface area contributed by atoms with Crippen molar-refractivity contribution in [3.63, 3.8) is 0 Å². The SMILES string of the molecule is NC(=O)C1CC(=O)N(c2cccc(C(=O)c3ccccc3)c2)C1. The van der Waals surface area contributed by atoms with E-state index in [0.29, 0.717) is 16.8 Å². The lowest BCUT2D eigenvalue weighted by Crippen LogP contribution is -2.28. The molecule has 116 valence electrons. The van der Waals surface area contributed by atoms with Crippen LogP contribution in [0.1, 0.15) is 22.3 Å². The normalized spacial score (nSPS) is 17.3. The number of hydrogen-bond acceptors (Lipinski definition) is 3. The lowest BCUT2D eigenvalue weighted by molar-refractivity contribution is -0.123. The van der Waals surface area contributed by atoms with E-state index in [9.17, 15) is 14.4 Å². The minimum Gasteiger partial charge on any atom is -0.369 e. The zero-order chi connectivity index (χ0) is 16.4. The van der Waals surface area contributed by atoms with E-state index in [-0.39, 0.29) is 24.7 Å². The number of ketones is 1. The van der Waals surface area contributed by atoms with Gasteiger partial charge in [0.15, 0.2) is 5.78 Å². The molecule has 1 heterocycles. The van der Waals surface area contributed by atoms with Crippen molar-refractivity contribution in [3.05, 3.63) is 65.7 Å². The highest BCUT2D eigenvalue weighted by atomic mass is 16.2. The van der Waals surface area contributed by atoms with Gasteiger partial charge in [-0.05, 0) is 12.1 Å². The van der Waals surface area contributed by atoms with E-state index >= 15 is 0 Å². The van der Waals surface area contributed by atoms with E-state index < -0.39 is 11.8 Å².